The van der Waals surface area contributed by atoms with Crippen molar-refractivity contribution in [3.05, 3.63) is 57.3 Å². The van der Waals surface area contributed by atoms with Crippen molar-refractivity contribution in [1.82, 2.24) is 5.43 Å². The molecule has 0 aliphatic rings. The molecule has 3 nitrogen and oxygen atoms in total. The number of carbonyl (C=O) groups excluding carboxylic acids is 1. The fourth-order valence-corrected chi connectivity index (χ4v) is 2.72. The van der Waals surface area contributed by atoms with Crippen molar-refractivity contribution in [2.24, 2.45) is 5.10 Å². The fourth-order valence-electron chi connectivity index (χ4n) is 1.89. The second-order valence-corrected chi connectivity index (χ2v) is 6.33. The van der Waals surface area contributed by atoms with Crippen molar-refractivity contribution in [3.63, 3.8) is 0 Å². The van der Waals surface area contributed by atoms with Gasteiger partial charge in [-0.05, 0) is 42.2 Å². The summed E-state index contributed by atoms with van der Waals surface area (Å²) in [5, 5.41) is 4.01. The molecule has 0 unspecified atom stereocenters. The van der Waals surface area contributed by atoms with Gasteiger partial charge in [0.25, 0.3) is 5.91 Å². The lowest BCUT2D eigenvalue weighted by Gasteiger charge is -2.05. The topological polar surface area (TPSA) is 41.5 Å². The van der Waals surface area contributed by atoms with Gasteiger partial charge in [0.05, 0.1) is 6.21 Å². The quantitative estimate of drug-likeness (QED) is 0.652. The van der Waals surface area contributed by atoms with E-state index in [9.17, 15) is 4.79 Å². The molecule has 0 saturated heterocycles. The van der Waals surface area contributed by atoms with Gasteiger partial charge in [-0.2, -0.15) is 5.10 Å². The third-order valence-corrected chi connectivity index (χ3v) is 4.39. The highest BCUT2D eigenvalue weighted by Crippen LogP contribution is 2.15. The number of benzene rings is 1. The van der Waals surface area contributed by atoms with E-state index in [-0.39, 0.29) is 5.91 Å². The van der Waals surface area contributed by atoms with Crippen LogP contribution in [0.15, 0.2) is 41.5 Å². The summed E-state index contributed by atoms with van der Waals surface area (Å²) >= 11 is 1.68. The number of carbonyl (C=O) groups is 1. The van der Waals surface area contributed by atoms with Crippen molar-refractivity contribution >= 4 is 23.5 Å². The molecule has 1 heterocycles. The molecular formula is C17H20N2OS. The Morgan fingerprint density at radius 1 is 1.24 bits per heavy atom. The van der Waals surface area contributed by atoms with E-state index in [1.165, 1.54) is 10.4 Å². The second-order valence-electron chi connectivity index (χ2n) is 5.13. The molecule has 0 saturated carbocycles. The lowest BCUT2D eigenvalue weighted by molar-refractivity contribution is 0.0955. The maximum atomic E-state index is 12.0. The number of nitrogens with one attached hydrogen (secondary N) is 1. The Morgan fingerprint density at radius 2 is 1.95 bits per heavy atom. The van der Waals surface area contributed by atoms with Crippen LogP contribution in [-0.4, -0.2) is 12.1 Å². The monoisotopic (exact) mass is 300 g/mol. The first kappa shape index (κ1) is 15.4. The van der Waals surface area contributed by atoms with Gasteiger partial charge in [0, 0.05) is 15.3 Å². The molecule has 1 aromatic carbocycles. The van der Waals surface area contributed by atoms with Crippen LogP contribution in [0.25, 0.3) is 0 Å². The van der Waals surface area contributed by atoms with Gasteiger partial charge < -0.3 is 0 Å². The molecule has 1 amide bonds. The zero-order valence-corrected chi connectivity index (χ0v) is 13.4. The summed E-state index contributed by atoms with van der Waals surface area (Å²) in [5.74, 6) is 0.278. The summed E-state index contributed by atoms with van der Waals surface area (Å²) < 4.78 is 0. The zero-order chi connectivity index (χ0) is 15.2. The summed E-state index contributed by atoms with van der Waals surface area (Å²) in [6.45, 7) is 6.38. The second kappa shape index (κ2) is 7.18. The van der Waals surface area contributed by atoms with Gasteiger partial charge >= 0.3 is 0 Å². The van der Waals surface area contributed by atoms with Gasteiger partial charge in [-0.15, -0.1) is 11.3 Å². The van der Waals surface area contributed by atoms with Crippen molar-refractivity contribution in [2.75, 3.05) is 0 Å². The zero-order valence-electron chi connectivity index (χ0n) is 12.6. The number of hydrogen-bond acceptors (Lipinski definition) is 3. The number of aryl methyl sites for hydroxylation is 1. The molecule has 2 aromatic rings. The first-order chi connectivity index (χ1) is 10.1. The summed E-state index contributed by atoms with van der Waals surface area (Å²) in [7, 11) is 0. The van der Waals surface area contributed by atoms with Gasteiger partial charge in [0.15, 0.2) is 0 Å². The summed E-state index contributed by atoms with van der Waals surface area (Å²) in [5.41, 5.74) is 4.41. The lowest BCUT2D eigenvalue weighted by Crippen LogP contribution is -2.17. The van der Waals surface area contributed by atoms with Gasteiger partial charge in [0.1, 0.15) is 0 Å². The van der Waals surface area contributed by atoms with E-state index < -0.39 is 0 Å². The molecular weight excluding hydrogens is 280 g/mol. The molecule has 21 heavy (non-hydrogen) atoms. The summed E-state index contributed by atoms with van der Waals surface area (Å²) in [6.07, 6.45) is 2.71. The highest BCUT2D eigenvalue weighted by molar-refractivity contribution is 7.13. The van der Waals surface area contributed by atoms with Crippen molar-refractivity contribution < 1.29 is 4.79 Å². The average molecular weight is 300 g/mol. The fraction of sp³-hybridized carbons (Fsp3) is 0.294. The summed E-state index contributed by atoms with van der Waals surface area (Å²) in [4.78, 5) is 14.3. The van der Waals surface area contributed by atoms with E-state index in [1.807, 2.05) is 30.3 Å². The normalized spacial score (nSPS) is 11.2. The van der Waals surface area contributed by atoms with Crippen LogP contribution in [0.2, 0.25) is 0 Å². The standard InChI is InChI=1S/C17H20N2OS/c1-4-15-9-10-16(21-15)11-18-19-17(20)14-7-5-13(6-8-14)12(2)3/h5-12H,4H2,1-3H3,(H,19,20). The van der Waals surface area contributed by atoms with E-state index in [0.29, 0.717) is 11.5 Å². The van der Waals surface area contributed by atoms with E-state index in [4.69, 9.17) is 0 Å². The van der Waals surface area contributed by atoms with Crippen LogP contribution in [0.4, 0.5) is 0 Å². The highest BCUT2D eigenvalue weighted by Gasteiger charge is 2.05. The number of hydrazone groups is 1. The first-order valence-electron chi connectivity index (χ1n) is 7.12. The number of amides is 1. The first-order valence-corrected chi connectivity index (χ1v) is 7.94. The smallest absolute Gasteiger partial charge is 0.267 e. The molecule has 0 aliphatic heterocycles. The van der Waals surface area contributed by atoms with E-state index in [2.05, 4.69) is 37.4 Å². The minimum Gasteiger partial charge on any atom is -0.267 e. The van der Waals surface area contributed by atoms with Crippen LogP contribution in [0.3, 0.4) is 0 Å². The SMILES string of the molecule is CCc1ccc(C=NNC(=O)c2ccc(C(C)C)cc2)s1. The Kier molecular flexibility index (Phi) is 5.28. The Bertz CT molecular complexity index is 626. The third kappa shape index (κ3) is 4.26. The minimum absolute atomic E-state index is 0.186. The largest absolute Gasteiger partial charge is 0.271 e. The molecule has 0 fully saturated rings. The van der Waals surface area contributed by atoms with Crippen LogP contribution in [0, 0.1) is 0 Å². The van der Waals surface area contributed by atoms with Crippen molar-refractivity contribution in [2.45, 2.75) is 33.1 Å². The van der Waals surface area contributed by atoms with Gasteiger partial charge in [-0.25, -0.2) is 5.43 Å². The highest BCUT2D eigenvalue weighted by atomic mass is 32.1. The Balaban J connectivity index is 1.94. The number of thiophene rings is 1. The van der Waals surface area contributed by atoms with Gasteiger partial charge in [-0.1, -0.05) is 32.9 Å². The number of nitrogens with zero attached hydrogens (tertiary/aromatic N) is 1. The van der Waals surface area contributed by atoms with Crippen LogP contribution >= 0.6 is 11.3 Å². The number of hydrogen-bond donors (Lipinski definition) is 1. The predicted octanol–water partition coefficient (Wildman–Crippen LogP) is 4.20. The van der Waals surface area contributed by atoms with E-state index in [0.717, 1.165) is 11.3 Å². The molecule has 4 heteroatoms. The molecule has 0 aliphatic carbocycles. The molecule has 0 atom stereocenters. The minimum atomic E-state index is -0.186. The predicted molar refractivity (Wildman–Crippen MR) is 89.3 cm³/mol. The van der Waals surface area contributed by atoms with E-state index >= 15 is 0 Å². The number of rotatable bonds is 5. The lowest BCUT2D eigenvalue weighted by atomic mass is 10.0. The molecule has 1 aromatic heterocycles. The van der Waals surface area contributed by atoms with E-state index in [1.54, 1.807) is 17.6 Å². The molecule has 0 spiro atoms. The van der Waals surface area contributed by atoms with Crippen LogP contribution in [-0.2, 0) is 6.42 Å². The molecule has 2 rings (SSSR count). The van der Waals surface area contributed by atoms with Crippen molar-refractivity contribution in [1.29, 1.82) is 0 Å². The Hall–Kier alpha value is -1.94. The molecule has 0 bridgehead atoms. The molecule has 0 radical (unpaired) electrons. The maximum absolute atomic E-state index is 12.0. The van der Waals surface area contributed by atoms with Crippen LogP contribution in [0.5, 0.6) is 0 Å². The van der Waals surface area contributed by atoms with Crippen LogP contribution < -0.4 is 5.43 Å². The van der Waals surface area contributed by atoms with Crippen molar-refractivity contribution in [3.8, 4) is 0 Å². The van der Waals surface area contributed by atoms with Gasteiger partial charge in [-0.3, -0.25) is 4.79 Å². The molecule has 110 valence electrons. The third-order valence-electron chi connectivity index (χ3n) is 3.23. The Morgan fingerprint density at radius 3 is 2.52 bits per heavy atom. The average Bonchev–Trinajstić information content (AvgIpc) is 2.95. The molecule has 1 N–H and O–H groups in total. The van der Waals surface area contributed by atoms with Crippen LogP contribution in [0.1, 0.15) is 52.4 Å². The van der Waals surface area contributed by atoms with Gasteiger partial charge in [0.2, 0.25) is 0 Å². The Labute approximate surface area is 129 Å². The summed E-state index contributed by atoms with van der Waals surface area (Å²) in [6, 6.07) is 11.7. The maximum Gasteiger partial charge on any atom is 0.271 e.